The molecule has 1 aromatic heterocycles. The van der Waals surface area contributed by atoms with Gasteiger partial charge in [-0.25, -0.2) is 4.98 Å². The molecule has 0 unspecified atom stereocenters. The second kappa shape index (κ2) is 5.78. The minimum atomic E-state index is 0.631. The summed E-state index contributed by atoms with van der Waals surface area (Å²) in [6.07, 6.45) is 1.98. The summed E-state index contributed by atoms with van der Waals surface area (Å²) in [5, 5.41) is 0. The Morgan fingerprint density at radius 1 is 1.26 bits per heavy atom. The van der Waals surface area contributed by atoms with Gasteiger partial charge in [-0.3, -0.25) is 0 Å². The molecule has 0 spiro atoms. The molecule has 0 radical (unpaired) electrons. The quantitative estimate of drug-likeness (QED) is 0.898. The van der Waals surface area contributed by atoms with Crippen LogP contribution in [0.5, 0.6) is 5.75 Å². The van der Waals surface area contributed by atoms with Gasteiger partial charge < -0.3 is 15.0 Å². The first-order chi connectivity index (χ1) is 9.19. The number of nitrogen functional groups attached to an aromatic ring is 1. The third kappa shape index (κ3) is 2.57. The van der Waals surface area contributed by atoms with Crippen molar-refractivity contribution in [3.05, 3.63) is 30.1 Å². The minimum absolute atomic E-state index is 0.631. The Labute approximate surface area is 114 Å². The van der Waals surface area contributed by atoms with E-state index in [1.165, 1.54) is 0 Å². The van der Waals surface area contributed by atoms with Crippen LogP contribution < -0.4 is 10.5 Å². The normalized spacial score (nSPS) is 10.7. The molecule has 0 aliphatic heterocycles. The van der Waals surface area contributed by atoms with Gasteiger partial charge in [-0.15, -0.1) is 0 Å². The molecule has 0 saturated carbocycles. The van der Waals surface area contributed by atoms with Crippen LogP contribution in [0, 0.1) is 0 Å². The molecule has 0 aliphatic rings. The van der Waals surface area contributed by atoms with Crippen LogP contribution in [0.1, 0.15) is 26.1 Å². The Morgan fingerprint density at radius 3 is 2.68 bits per heavy atom. The Hall–Kier alpha value is -1.97. The van der Waals surface area contributed by atoms with Crippen LogP contribution in [0.2, 0.25) is 0 Å². The number of hydrogen-bond acceptors (Lipinski definition) is 3. The summed E-state index contributed by atoms with van der Waals surface area (Å²) in [6, 6.07) is 7.89. The maximum atomic E-state index is 6.18. The molecular weight excluding hydrogens is 238 g/mol. The highest BCUT2D eigenvalue weighted by Crippen LogP contribution is 2.33. The summed E-state index contributed by atoms with van der Waals surface area (Å²) in [6.45, 7) is 4.74. The first kappa shape index (κ1) is 13.5. The predicted molar refractivity (Wildman–Crippen MR) is 78.2 cm³/mol. The largest absolute Gasteiger partial charge is 0.493 e. The summed E-state index contributed by atoms with van der Waals surface area (Å²) >= 11 is 0. The van der Waals surface area contributed by atoms with Gasteiger partial charge >= 0.3 is 0 Å². The number of rotatable bonds is 5. The van der Waals surface area contributed by atoms with E-state index in [1.807, 2.05) is 42.8 Å². The highest BCUT2D eigenvalue weighted by molar-refractivity contribution is 5.76. The lowest BCUT2D eigenvalue weighted by molar-refractivity contribution is 0.341. The number of hydrogen-bond donors (Lipinski definition) is 1. The Bertz CT molecular complexity index is 561. The van der Waals surface area contributed by atoms with E-state index in [0.717, 1.165) is 35.7 Å². The average molecular weight is 259 g/mol. The smallest absolute Gasteiger partial charge is 0.131 e. The molecule has 0 bridgehead atoms. The van der Waals surface area contributed by atoms with Crippen LogP contribution in [0.4, 0.5) is 5.82 Å². The fourth-order valence-corrected chi connectivity index (χ4v) is 2.15. The first-order valence-electron chi connectivity index (χ1n) is 6.72. The van der Waals surface area contributed by atoms with Crippen LogP contribution in [0.15, 0.2) is 24.3 Å². The van der Waals surface area contributed by atoms with Gasteiger partial charge in [-0.05, 0) is 25.5 Å². The summed E-state index contributed by atoms with van der Waals surface area (Å²) in [5.74, 6) is 2.54. The molecule has 0 fully saturated rings. The molecule has 1 heterocycles. The number of anilines is 1. The Balaban J connectivity index is 2.50. The van der Waals surface area contributed by atoms with E-state index in [0.29, 0.717) is 12.4 Å². The van der Waals surface area contributed by atoms with Gasteiger partial charge in [0, 0.05) is 19.0 Å². The molecular formula is C15H21N3O. The highest BCUT2D eigenvalue weighted by Gasteiger charge is 2.16. The molecule has 102 valence electrons. The highest BCUT2D eigenvalue weighted by atomic mass is 16.5. The number of imidazole rings is 1. The van der Waals surface area contributed by atoms with Crippen LogP contribution in [0.25, 0.3) is 11.3 Å². The molecule has 4 nitrogen and oxygen atoms in total. The van der Waals surface area contributed by atoms with E-state index >= 15 is 0 Å². The van der Waals surface area contributed by atoms with Crippen molar-refractivity contribution in [1.82, 2.24) is 9.55 Å². The maximum Gasteiger partial charge on any atom is 0.131 e. The van der Waals surface area contributed by atoms with E-state index in [2.05, 4.69) is 11.9 Å². The van der Waals surface area contributed by atoms with Crippen molar-refractivity contribution in [1.29, 1.82) is 0 Å². The summed E-state index contributed by atoms with van der Waals surface area (Å²) in [4.78, 5) is 4.67. The number of benzene rings is 1. The SMILES string of the molecule is CCCc1nc(-c2ccccc2OCC)c(N)n1C. The van der Waals surface area contributed by atoms with Crippen LogP contribution in [-0.4, -0.2) is 16.2 Å². The van der Waals surface area contributed by atoms with Gasteiger partial charge in [0.05, 0.1) is 6.61 Å². The van der Waals surface area contributed by atoms with Crippen LogP contribution >= 0.6 is 0 Å². The number of nitrogens with two attached hydrogens (primary N) is 1. The van der Waals surface area contributed by atoms with Gasteiger partial charge in [0.2, 0.25) is 0 Å². The zero-order valence-electron chi connectivity index (χ0n) is 11.8. The Morgan fingerprint density at radius 2 is 2.00 bits per heavy atom. The van der Waals surface area contributed by atoms with Crippen molar-refractivity contribution in [2.24, 2.45) is 7.05 Å². The van der Waals surface area contributed by atoms with Crippen molar-refractivity contribution in [2.75, 3.05) is 12.3 Å². The summed E-state index contributed by atoms with van der Waals surface area (Å²) in [7, 11) is 1.96. The molecule has 2 N–H and O–H groups in total. The summed E-state index contributed by atoms with van der Waals surface area (Å²) in [5.41, 5.74) is 7.95. The van der Waals surface area contributed by atoms with Crippen molar-refractivity contribution >= 4 is 5.82 Å². The maximum absolute atomic E-state index is 6.18. The standard InChI is InChI=1S/C15H21N3O/c1-4-8-13-17-14(15(16)18(13)3)11-9-6-7-10-12(11)19-5-2/h6-7,9-10H,4-5,8,16H2,1-3H3. The minimum Gasteiger partial charge on any atom is -0.493 e. The molecule has 2 aromatic rings. The number of aryl methyl sites for hydroxylation is 1. The molecule has 0 saturated heterocycles. The van der Waals surface area contributed by atoms with Crippen molar-refractivity contribution in [3.8, 4) is 17.0 Å². The number of nitrogens with zero attached hydrogens (tertiary/aromatic N) is 2. The lowest BCUT2D eigenvalue weighted by Gasteiger charge is -2.08. The molecule has 4 heteroatoms. The van der Waals surface area contributed by atoms with Crippen LogP contribution in [0.3, 0.4) is 0 Å². The molecule has 1 aromatic carbocycles. The van der Waals surface area contributed by atoms with Crippen molar-refractivity contribution in [3.63, 3.8) is 0 Å². The topological polar surface area (TPSA) is 53.1 Å². The lowest BCUT2D eigenvalue weighted by Crippen LogP contribution is -2.01. The van der Waals surface area contributed by atoms with Crippen LogP contribution in [-0.2, 0) is 13.5 Å². The fourth-order valence-electron chi connectivity index (χ4n) is 2.15. The predicted octanol–water partition coefficient (Wildman–Crippen LogP) is 3.02. The average Bonchev–Trinajstić information content (AvgIpc) is 2.69. The molecule has 19 heavy (non-hydrogen) atoms. The third-order valence-electron chi connectivity index (χ3n) is 3.15. The number of ether oxygens (including phenoxy) is 1. The third-order valence-corrected chi connectivity index (χ3v) is 3.15. The van der Waals surface area contributed by atoms with Gasteiger partial charge in [-0.1, -0.05) is 19.1 Å². The number of para-hydroxylation sites is 1. The van der Waals surface area contributed by atoms with E-state index in [4.69, 9.17) is 10.5 Å². The molecule has 0 amide bonds. The lowest BCUT2D eigenvalue weighted by atomic mass is 10.1. The first-order valence-corrected chi connectivity index (χ1v) is 6.72. The van der Waals surface area contributed by atoms with Gasteiger partial charge in [-0.2, -0.15) is 0 Å². The summed E-state index contributed by atoms with van der Waals surface area (Å²) < 4.78 is 7.61. The van der Waals surface area contributed by atoms with Crippen molar-refractivity contribution in [2.45, 2.75) is 26.7 Å². The van der Waals surface area contributed by atoms with Gasteiger partial charge in [0.15, 0.2) is 0 Å². The fraction of sp³-hybridized carbons (Fsp3) is 0.400. The second-order valence-corrected chi connectivity index (χ2v) is 4.50. The second-order valence-electron chi connectivity index (χ2n) is 4.50. The van der Waals surface area contributed by atoms with Gasteiger partial charge in [0.1, 0.15) is 23.1 Å². The molecule has 2 rings (SSSR count). The van der Waals surface area contributed by atoms with E-state index in [-0.39, 0.29) is 0 Å². The monoisotopic (exact) mass is 259 g/mol. The zero-order valence-corrected chi connectivity index (χ0v) is 11.8. The van der Waals surface area contributed by atoms with E-state index in [9.17, 15) is 0 Å². The molecule has 0 atom stereocenters. The van der Waals surface area contributed by atoms with E-state index in [1.54, 1.807) is 0 Å². The van der Waals surface area contributed by atoms with E-state index < -0.39 is 0 Å². The van der Waals surface area contributed by atoms with Crippen molar-refractivity contribution < 1.29 is 4.74 Å². The zero-order chi connectivity index (χ0) is 13.8. The number of aromatic nitrogens is 2. The Kier molecular flexibility index (Phi) is 4.10. The van der Waals surface area contributed by atoms with Gasteiger partial charge in [0.25, 0.3) is 0 Å². The molecule has 0 aliphatic carbocycles.